The SMILES string of the molecule is O=C(O)C=C(CBr)c1ccccc1. The fourth-order valence-electron chi connectivity index (χ4n) is 1.00. The summed E-state index contributed by atoms with van der Waals surface area (Å²) in [5.74, 6) is -0.918. The summed E-state index contributed by atoms with van der Waals surface area (Å²) in [4.78, 5) is 10.4. The van der Waals surface area contributed by atoms with E-state index in [1.54, 1.807) is 0 Å². The molecule has 1 aromatic rings. The number of hydrogen-bond acceptors (Lipinski definition) is 1. The average Bonchev–Trinajstić information content (AvgIpc) is 2.15. The fourth-order valence-corrected chi connectivity index (χ4v) is 1.49. The van der Waals surface area contributed by atoms with Crippen LogP contribution < -0.4 is 0 Å². The minimum Gasteiger partial charge on any atom is -0.478 e. The van der Waals surface area contributed by atoms with Gasteiger partial charge in [0, 0.05) is 11.4 Å². The maximum atomic E-state index is 10.4. The molecule has 0 aromatic heterocycles. The van der Waals surface area contributed by atoms with Gasteiger partial charge in [-0.2, -0.15) is 0 Å². The third-order valence-corrected chi connectivity index (χ3v) is 2.19. The molecule has 0 saturated carbocycles. The number of alkyl halides is 1. The van der Waals surface area contributed by atoms with Crippen LogP contribution in [0.5, 0.6) is 0 Å². The van der Waals surface area contributed by atoms with Crippen molar-refractivity contribution in [2.45, 2.75) is 0 Å². The first-order valence-corrected chi connectivity index (χ1v) is 4.91. The summed E-state index contributed by atoms with van der Waals surface area (Å²) in [6, 6.07) is 9.43. The maximum absolute atomic E-state index is 10.4. The van der Waals surface area contributed by atoms with Gasteiger partial charge in [-0.1, -0.05) is 46.3 Å². The minimum absolute atomic E-state index is 0.545. The van der Waals surface area contributed by atoms with Gasteiger partial charge in [-0.05, 0) is 11.1 Å². The Kier molecular flexibility index (Phi) is 3.71. The van der Waals surface area contributed by atoms with E-state index in [0.29, 0.717) is 5.33 Å². The molecule has 0 spiro atoms. The molecule has 1 N–H and O–H groups in total. The van der Waals surface area contributed by atoms with E-state index in [0.717, 1.165) is 11.1 Å². The maximum Gasteiger partial charge on any atom is 0.328 e. The molecule has 0 saturated heterocycles. The number of allylic oxidation sites excluding steroid dienone is 1. The van der Waals surface area contributed by atoms with E-state index in [2.05, 4.69) is 15.9 Å². The minimum atomic E-state index is -0.918. The van der Waals surface area contributed by atoms with Gasteiger partial charge in [0.1, 0.15) is 0 Å². The molecule has 0 aliphatic carbocycles. The molecule has 0 radical (unpaired) electrons. The molecule has 2 nitrogen and oxygen atoms in total. The van der Waals surface area contributed by atoms with E-state index in [1.807, 2.05) is 30.3 Å². The summed E-state index contributed by atoms with van der Waals surface area (Å²) in [6.07, 6.45) is 1.21. The average molecular weight is 241 g/mol. The number of benzene rings is 1. The highest BCUT2D eigenvalue weighted by Gasteiger charge is 2.00. The van der Waals surface area contributed by atoms with Crippen LogP contribution in [0.25, 0.3) is 5.57 Å². The summed E-state index contributed by atoms with van der Waals surface area (Å²) in [5, 5.41) is 9.12. The highest BCUT2D eigenvalue weighted by Crippen LogP contribution is 2.15. The lowest BCUT2D eigenvalue weighted by atomic mass is 10.1. The van der Waals surface area contributed by atoms with E-state index in [-0.39, 0.29) is 0 Å². The van der Waals surface area contributed by atoms with Crippen LogP contribution >= 0.6 is 15.9 Å². The lowest BCUT2D eigenvalue weighted by Gasteiger charge is -2.01. The normalized spacial score (nSPS) is 11.3. The van der Waals surface area contributed by atoms with Crippen LogP contribution in [0.2, 0.25) is 0 Å². The van der Waals surface area contributed by atoms with Crippen molar-refractivity contribution in [3.8, 4) is 0 Å². The molecule has 0 heterocycles. The lowest BCUT2D eigenvalue weighted by Crippen LogP contribution is -1.93. The van der Waals surface area contributed by atoms with Crippen LogP contribution in [0.3, 0.4) is 0 Å². The Hall–Kier alpha value is -1.09. The van der Waals surface area contributed by atoms with Crippen molar-refractivity contribution in [2.24, 2.45) is 0 Å². The highest BCUT2D eigenvalue weighted by atomic mass is 79.9. The number of carboxylic acids is 1. The first-order valence-electron chi connectivity index (χ1n) is 3.79. The molecule has 0 aliphatic rings. The van der Waals surface area contributed by atoms with Crippen LogP contribution in [0.4, 0.5) is 0 Å². The van der Waals surface area contributed by atoms with Gasteiger partial charge in [0.2, 0.25) is 0 Å². The van der Waals surface area contributed by atoms with E-state index < -0.39 is 5.97 Å². The number of halogens is 1. The van der Waals surface area contributed by atoms with Gasteiger partial charge >= 0.3 is 5.97 Å². The Morgan fingerprint density at radius 3 is 2.46 bits per heavy atom. The van der Waals surface area contributed by atoms with Crippen LogP contribution in [0.1, 0.15) is 5.56 Å². The second kappa shape index (κ2) is 4.82. The molecule has 0 aliphatic heterocycles. The molecular weight excluding hydrogens is 232 g/mol. The third-order valence-electron chi connectivity index (χ3n) is 1.59. The molecule has 1 aromatic carbocycles. The Morgan fingerprint density at radius 1 is 1.38 bits per heavy atom. The third kappa shape index (κ3) is 3.03. The van der Waals surface area contributed by atoms with E-state index in [4.69, 9.17) is 5.11 Å². The lowest BCUT2D eigenvalue weighted by molar-refractivity contribution is -0.131. The van der Waals surface area contributed by atoms with Crippen LogP contribution in [0.15, 0.2) is 36.4 Å². The second-order valence-electron chi connectivity index (χ2n) is 2.51. The smallest absolute Gasteiger partial charge is 0.328 e. The zero-order valence-electron chi connectivity index (χ0n) is 6.90. The van der Waals surface area contributed by atoms with Crippen molar-refractivity contribution in [3.05, 3.63) is 42.0 Å². The van der Waals surface area contributed by atoms with Crippen molar-refractivity contribution in [1.29, 1.82) is 0 Å². The summed E-state index contributed by atoms with van der Waals surface area (Å²) in [5.41, 5.74) is 1.70. The molecule has 0 fully saturated rings. The molecule has 0 unspecified atom stereocenters. The molecular formula is C10H9BrO2. The molecule has 68 valence electrons. The Morgan fingerprint density at radius 2 is 2.00 bits per heavy atom. The molecule has 13 heavy (non-hydrogen) atoms. The summed E-state index contributed by atoms with van der Waals surface area (Å²) in [6.45, 7) is 0. The second-order valence-corrected chi connectivity index (χ2v) is 3.07. The largest absolute Gasteiger partial charge is 0.478 e. The Bertz CT molecular complexity index is 317. The van der Waals surface area contributed by atoms with Crippen LogP contribution in [-0.4, -0.2) is 16.4 Å². The number of hydrogen-bond donors (Lipinski definition) is 1. The quantitative estimate of drug-likeness (QED) is 0.652. The number of rotatable bonds is 3. The number of carbonyl (C=O) groups is 1. The van der Waals surface area contributed by atoms with E-state index in [1.165, 1.54) is 6.08 Å². The topological polar surface area (TPSA) is 37.3 Å². The zero-order valence-corrected chi connectivity index (χ0v) is 8.49. The van der Waals surface area contributed by atoms with Gasteiger partial charge < -0.3 is 5.11 Å². The molecule has 3 heteroatoms. The van der Waals surface area contributed by atoms with Crippen LogP contribution in [-0.2, 0) is 4.79 Å². The van der Waals surface area contributed by atoms with Gasteiger partial charge in [0.05, 0.1) is 0 Å². The van der Waals surface area contributed by atoms with Crippen LogP contribution in [0, 0.1) is 0 Å². The summed E-state index contributed by atoms with van der Waals surface area (Å²) < 4.78 is 0. The van der Waals surface area contributed by atoms with Gasteiger partial charge in [-0.25, -0.2) is 4.79 Å². The first-order chi connectivity index (χ1) is 6.24. The summed E-state index contributed by atoms with van der Waals surface area (Å²) in [7, 11) is 0. The predicted octanol–water partition coefficient (Wildman–Crippen LogP) is 2.55. The Labute approximate surface area is 85.0 Å². The van der Waals surface area contributed by atoms with Crippen molar-refractivity contribution in [3.63, 3.8) is 0 Å². The van der Waals surface area contributed by atoms with E-state index in [9.17, 15) is 4.79 Å². The van der Waals surface area contributed by atoms with Crippen molar-refractivity contribution >= 4 is 27.5 Å². The number of carboxylic acid groups (broad SMARTS) is 1. The fraction of sp³-hybridized carbons (Fsp3) is 0.100. The van der Waals surface area contributed by atoms with Crippen molar-refractivity contribution in [2.75, 3.05) is 5.33 Å². The van der Waals surface area contributed by atoms with Crippen molar-refractivity contribution in [1.82, 2.24) is 0 Å². The highest BCUT2D eigenvalue weighted by molar-refractivity contribution is 9.09. The number of aliphatic carboxylic acids is 1. The zero-order chi connectivity index (χ0) is 9.68. The monoisotopic (exact) mass is 240 g/mol. The molecule has 1 rings (SSSR count). The standard InChI is InChI=1S/C10H9BrO2/c11-7-9(6-10(12)13)8-4-2-1-3-5-8/h1-6H,7H2,(H,12,13). The first kappa shape index (κ1) is 9.99. The van der Waals surface area contributed by atoms with Gasteiger partial charge in [-0.15, -0.1) is 0 Å². The van der Waals surface area contributed by atoms with Crippen molar-refractivity contribution < 1.29 is 9.90 Å². The molecule has 0 amide bonds. The predicted molar refractivity (Wildman–Crippen MR) is 55.8 cm³/mol. The van der Waals surface area contributed by atoms with Gasteiger partial charge in [-0.3, -0.25) is 0 Å². The van der Waals surface area contributed by atoms with Gasteiger partial charge in [0.25, 0.3) is 0 Å². The van der Waals surface area contributed by atoms with Gasteiger partial charge in [0.15, 0.2) is 0 Å². The molecule has 0 bridgehead atoms. The summed E-state index contributed by atoms with van der Waals surface area (Å²) >= 11 is 3.25. The van der Waals surface area contributed by atoms with E-state index >= 15 is 0 Å². The molecule has 0 atom stereocenters. The Balaban J connectivity index is 2.98.